The zero-order valence-corrected chi connectivity index (χ0v) is 17.1. The molecule has 1 heterocycles. The molecule has 4 nitrogen and oxygen atoms in total. The van der Waals surface area contributed by atoms with E-state index in [-0.39, 0.29) is 6.04 Å². The van der Waals surface area contributed by atoms with Crippen LogP contribution in [0.4, 0.5) is 0 Å². The zero-order valence-electron chi connectivity index (χ0n) is 15.6. The van der Waals surface area contributed by atoms with Crippen molar-refractivity contribution >= 4 is 23.2 Å². The lowest BCUT2D eigenvalue weighted by Gasteiger charge is -2.17. The maximum Gasteiger partial charge on any atom is 0.180 e. The first-order valence-electron chi connectivity index (χ1n) is 9.05. The molecule has 0 saturated heterocycles. The highest BCUT2D eigenvalue weighted by molar-refractivity contribution is 6.32. The molecule has 0 saturated carbocycles. The molecule has 146 valence electrons. The summed E-state index contributed by atoms with van der Waals surface area (Å²) >= 11 is 12.7. The predicted molar refractivity (Wildman–Crippen MR) is 113 cm³/mol. The van der Waals surface area contributed by atoms with Gasteiger partial charge in [-0.1, -0.05) is 47.5 Å². The quantitative estimate of drug-likeness (QED) is 0.518. The van der Waals surface area contributed by atoms with Crippen molar-refractivity contribution in [1.82, 2.24) is 4.98 Å². The molecule has 0 aliphatic carbocycles. The smallest absolute Gasteiger partial charge is 0.180 e. The maximum absolute atomic E-state index is 6.51. The summed E-state index contributed by atoms with van der Waals surface area (Å²) in [4.78, 5) is 4.12. The van der Waals surface area contributed by atoms with Gasteiger partial charge in [-0.2, -0.15) is 0 Å². The molecule has 2 N–H and O–H groups in total. The fourth-order valence-electron chi connectivity index (χ4n) is 2.87. The minimum atomic E-state index is -0.186. The Hall–Kier alpha value is -2.27. The Morgan fingerprint density at radius 3 is 2.57 bits per heavy atom. The number of nitrogens with two attached hydrogens (primary N) is 1. The van der Waals surface area contributed by atoms with Gasteiger partial charge in [0.1, 0.15) is 6.61 Å². The van der Waals surface area contributed by atoms with E-state index < -0.39 is 0 Å². The molecule has 0 amide bonds. The number of nitrogens with zero attached hydrogens (tertiary/aromatic N) is 1. The molecule has 2 aromatic carbocycles. The van der Waals surface area contributed by atoms with E-state index in [2.05, 4.69) is 4.98 Å². The highest BCUT2D eigenvalue weighted by Gasteiger charge is 2.16. The lowest BCUT2D eigenvalue weighted by atomic mass is 10.0. The summed E-state index contributed by atoms with van der Waals surface area (Å²) < 4.78 is 11.7. The van der Waals surface area contributed by atoms with Gasteiger partial charge >= 0.3 is 0 Å². The molecule has 1 unspecified atom stereocenters. The molecule has 0 radical (unpaired) electrons. The van der Waals surface area contributed by atoms with Crippen LogP contribution < -0.4 is 15.2 Å². The van der Waals surface area contributed by atoms with Crippen LogP contribution in [0.1, 0.15) is 29.7 Å². The Bertz CT molecular complexity index is 920. The van der Waals surface area contributed by atoms with Gasteiger partial charge in [-0.3, -0.25) is 4.98 Å². The number of pyridine rings is 1. The van der Waals surface area contributed by atoms with Crippen LogP contribution in [-0.2, 0) is 13.0 Å². The van der Waals surface area contributed by atoms with Gasteiger partial charge in [0.05, 0.1) is 11.6 Å². The summed E-state index contributed by atoms with van der Waals surface area (Å²) in [5.41, 5.74) is 9.14. The third-order valence-corrected chi connectivity index (χ3v) is 4.92. The van der Waals surface area contributed by atoms with Gasteiger partial charge < -0.3 is 15.2 Å². The Kier molecular flexibility index (Phi) is 7.15. The number of hydrogen-bond acceptors (Lipinski definition) is 4. The van der Waals surface area contributed by atoms with Crippen molar-refractivity contribution < 1.29 is 9.47 Å². The van der Waals surface area contributed by atoms with Crippen LogP contribution in [-0.4, -0.2) is 11.6 Å². The summed E-state index contributed by atoms with van der Waals surface area (Å²) in [5, 5.41) is 1.13. The minimum Gasteiger partial charge on any atom is -0.490 e. The van der Waals surface area contributed by atoms with Crippen molar-refractivity contribution in [2.45, 2.75) is 26.0 Å². The second-order valence-corrected chi connectivity index (χ2v) is 7.13. The van der Waals surface area contributed by atoms with Crippen molar-refractivity contribution in [2.75, 3.05) is 6.61 Å². The topological polar surface area (TPSA) is 57.4 Å². The third-order valence-electron chi connectivity index (χ3n) is 4.27. The minimum absolute atomic E-state index is 0.186. The molecule has 1 aromatic heterocycles. The normalized spacial score (nSPS) is 11.9. The zero-order chi connectivity index (χ0) is 19.9. The lowest BCUT2D eigenvalue weighted by molar-refractivity contribution is 0.269. The molecule has 1 atom stereocenters. The number of rotatable bonds is 8. The lowest BCUT2D eigenvalue weighted by Crippen LogP contribution is -2.13. The molecule has 0 aliphatic heterocycles. The van der Waals surface area contributed by atoms with E-state index in [9.17, 15) is 0 Å². The van der Waals surface area contributed by atoms with Crippen LogP contribution in [0.15, 0.2) is 60.9 Å². The van der Waals surface area contributed by atoms with Crippen LogP contribution in [0.25, 0.3) is 0 Å². The standard InChI is InChI=1S/C22H22Cl2N2O2/c1-2-27-21-12-15(11-20(25)16-7-5-9-26-13-16)10-19(24)22(21)28-14-17-6-3-4-8-18(17)23/h3-10,12-13,20H,2,11,14,25H2,1H3. The van der Waals surface area contributed by atoms with E-state index in [0.717, 1.165) is 16.7 Å². The first kappa shape index (κ1) is 20.5. The molecule has 6 heteroatoms. The molecule has 3 rings (SSSR count). The van der Waals surface area contributed by atoms with Crippen LogP contribution in [0.3, 0.4) is 0 Å². The molecule has 28 heavy (non-hydrogen) atoms. The van der Waals surface area contributed by atoms with Gasteiger partial charge in [0.15, 0.2) is 11.5 Å². The fraction of sp³-hybridized carbons (Fsp3) is 0.227. The van der Waals surface area contributed by atoms with Gasteiger partial charge in [0, 0.05) is 29.0 Å². The van der Waals surface area contributed by atoms with Crippen molar-refractivity contribution in [3.8, 4) is 11.5 Å². The van der Waals surface area contributed by atoms with Crippen molar-refractivity contribution in [2.24, 2.45) is 5.73 Å². The van der Waals surface area contributed by atoms with Crippen molar-refractivity contribution in [1.29, 1.82) is 0 Å². The van der Waals surface area contributed by atoms with Crippen molar-refractivity contribution in [3.05, 3.63) is 87.7 Å². The molecule has 0 bridgehead atoms. The van der Waals surface area contributed by atoms with Gasteiger partial charge in [-0.15, -0.1) is 0 Å². The number of hydrogen-bond donors (Lipinski definition) is 1. The summed E-state index contributed by atoms with van der Waals surface area (Å²) in [7, 11) is 0. The molecule has 0 spiro atoms. The first-order chi connectivity index (χ1) is 13.6. The summed E-state index contributed by atoms with van der Waals surface area (Å²) in [6, 6.07) is 15.0. The number of aromatic nitrogens is 1. The van der Waals surface area contributed by atoms with E-state index >= 15 is 0 Å². The van der Waals surface area contributed by atoms with E-state index in [1.807, 2.05) is 55.5 Å². The number of ether oxygens (including phenoxy) is 2. The average molecular weight is 417 g/mol. The highest BCUT2D eigenvalue weighted by atomic mass is 35.5. The van der Waals surface area contributed by atoms with Gasteiger partial charge in [-0.25, -0.2) is 0 Å². The monoisotopic (exact) mass is 416 g/mol. The Labute approximate surface area is 175 Å². The van der Waals surface area contributed by atoms with E-state index in [4.69, 9.17) is 38.4 Å². The maximum atomic E-state index is 6.51. The van der Waals surface area contributed by atoms with Gasteiger partial charge in [0.25, 0.3) is 0 Å². The third kappa shape index (κ3) is 5.16. The van der Waals surface area contributed by atoms with Crippen LogP contribution in [0.2, 0.25) is 10.0 Å². The van der Waals surface area contributed by atoms with Crippen LogP contribution in [0, 0.1) is 0 Å². The largest absolute Gasteiger partial charge is 0.490 e. The fourth-order valence-corrected chi connectivity index (χ4v) is 3.35. The summed E-state index contributed by atoms with van der Waals surface area (Å²) in [6.07, 6.45) is 4.11. The molecule has 0 aliphatic rings. The second-order valence-electron chi connectivity index (χ2n) is 6.31. The van der Waals surface area contributed by atoms with Crippen LogP contribution in [0.5, 0.6) is 11.5 Å². The SMILES string of the molecule is CCOc1cc(CC(N)c2cccnc2)cc(Cl)c1OCc1ccccc1Cl. The Balaban J connectivity index is 1.80. The Morgan fingerprint density at radius 1 is 1.04 bits per heavy atom. The first-order valence-corrected chi connectivity index (χ1v) is 9.81. The van der Waals surface area contributed by atoms with Crippen molar-refractivity contribution in [3.63, 3.8) is 0 Å². The predicted octanol–water partition coefficient (Wildman–Crippen LogP) is 5.61. The second kappa shape index (κ2) is 9.78. The molecule has 0 fully saturated rings. The van der Waals surface area contributed by atoms with Crippen LogP contribution >= 0.6 is 23.2 Å². The molecular weight excluding hydrogens is 395 g/mol. The molecular formula is C22H22Cl2N2O2. The van der Waals surface area contributed by atoms with Gasteiger partial charge in [0.2, 0.25) is 0 Å². The van der Waals surface area contributed by atoms with Gasteiger partial charge in [-0.05, 0) is 48.7 Å². The summed E-state index contributed by atoms with van der Waals surface area (Å²) in [5.74, 6) is 1.09. The van der Waals surface area contributed by atoms with E-state index in [0.29, 0.717) is 41.2 Å². The number of benzene rings is 2. The van der Waals surface area contributed by atoms with E-state index in [1.165, 1.54) is 0 Å². The van der Waals surface area contributed by atoms with E-state index in [1.54, 1.807) is 12.4 Å². The Morgan fingerprint density at radius 2 is 1.86 bits per heavy atom. The number of halogens is 2. The summed E-state index contributed by atoms with van der Waals surface area (Å²) in [6.45, 7) is 2.71. The average Bonchev–Trinajstić information content (AvgIpc) is 2.69. The highest BCUT2D eigenvalue weighted by Crippen LogP contribution is 2.38. The molecule has 3 aromatic rings.